The van der Waals surface area contributed by atoms with Gasteiger partial charge < -0.3 is 14.5 Å². The van der Waals surface area contributed by atoms with Crippen LogP contribution in [0, 0.1) is 5.82 Å². The van der Waals surface area contributed by atoms with Crippen LogP contribution in [0.25, 0.3) is 0 Å². The summed E-state index contributed by atoms with van der Waals surface area (Å²) in [7, 11) is 3.87. The van der Waals surface area contributed by atoms with Gasteiger partial charge in [0.05, 0.1) is 6.21 Å². The van der Waals surface area contributed by atoms with Gasteiger partial charge >= 0.3 is 0 Å². The zero-order valence-corrected chi connectivity index (χ0v) is 20.5. The van der Waals surface area contributed by atoms with Crippen LogP contribution in [0.1, 0.15) is 57.6 Å². The molecule has 1 aliphatic heterocycles. The van der Waals surface area contributed by atoms with Gasteiger partial charge in [0, 0.05) is 49.2 Å². The highest BCUT2D eigenvalue weighted by Crippen LogP contribution is 2.44. The molecule has 178 valence electrons. The van der Waals surface area contributed by atoms with Crippen LogP contribution in [0.15, 0.2) is 41.5 Å². The number of amides is 1. The first-order chi connectivity index (χ1) is 15.6. The Kier molecular flexibility index (Phi) is 7.61. The van der Waals surface area contributed by atoms with Gasteiger partial charge in [0.2, 0.25) is 0 Å². The molecule has 1 N–H and O–H groups in total. The second-order valence-corrected chi connectivity index (χ2v) is 9.48. The van der Waals surface area contributed by atoms with Crippen molar-refractivity contribution in [3.63, 3.8) is 0 Å². The van der Waals surface area contributed by atoms with E-state index in [1.807, 2.05) is 43.3 Å². The number of hydrogen-bond acceptors (Lipinski definition) is 5. The van der Waals surface area contributed by atoms with Gasteiger partial charge in [0.25, 0.3) is 5.91 Å². The largest absolute Gasteiger partial charge is 0.484 e. The first kappa shape index (κ1) is 24.6. The molecule has 1 amide bonds. The maximum absolute atomic E-state index is 14.9. The second-order valence-electron chi connectivity index (χ2n) is 9.48. The summed E-state index contributed by atoms with van der Waals surface area (Å²) in [5.74, 6) is 0.130. The van der Waals surface area contributed by atoms with Gasteiger partial charge in [-0.2, -0.15) is 5.10 Å². The third-order valence-electron chi connectivity index (χ3n) is 6.05. The molecule has 0 spiro atoms. The van der Waals surface area contributed by atoms with Crippen molar-refractivity contribution < 1.29 is 13.9 Å². The topological polar surface area (TPSA) is 57.2 Å². The first-order valence-electron chi connectivity index (χ1n) is 11.5. The summed E-state index contributed by atoms with van der Waals surface area (Å²) in [5, 5.41) is 3.95. The minimum Gasteiger partial charge on any atom is -0.484 e. The highest BCUT2D eigenvalue weighted by molar-refractivity contribution is 5.84. The number of halogens is 1. The zero-order valence-electron chi connectivity index (χ0n) is 20.5. The lowest BCUT2D eigenvalue weighted by Gasteiger charge is -2.47. The van der Waals surface area contributed by atoms with Crippen molar-refractivity contribution in [3.05, 3.63) is 53.3 Å². The number of ether oxygens (including phenoxy) is 1. The van der Waals surface area contributed by atoms with Crippen molar-refractivity contribution >= 4 is 23.5 Å². The van der Waals surface area contributed by atoms with E-state index in [0.717, 1.165) is 36.3 Å². The van der Waals surface area contributed by atoms with Gasteiger partial charge in [-0.25, -0.2) is 9.82 Å². The predicted octanol–water partition coefficient (Wildman–Crippen LogP) is 4.92. The van der Waals surface area contributed by atoms with E-state index in [1.54, 1.807) is 12.1 Å². The molecule has 0 saturated heterocycles. The first-order valence-corrected chi connectivity index (χ1v) is 11.5. The van der Waals surface area contributed by atoms with Gasteiger partial charge in [-0.05, 0) is 62.4 Å². The Morgan fingerprint density at radius 3 is 2.79 bits per heavy atom. The lowest BCUT2D eigenvalue weighted by atomic mass is 9.79. The van der Waals surface area contributed by atoms with Gasteiger partial charge in [0.15, 0.2) is 6.61 Å². The molecule has 1 unspecified atom stereocenters. The molecule has 0 fully saturated rings. The normalized spacial score (nSPS) is 17.1. The van der Waals surface area contributed by atoms with Crippen LogP contribution in [-0.2, 0) is 4.79 Å². The Balaban J connectivity index is 1.66. The van der Waals surface area contributed by atoms with E-state index in [-0.39, 0.29) is 18.0 Å². The van der Waals surface area contributed by atoms with Crippen molar-refractivity contribution in [1.29, 1.82) is 0 Å². The number of nitrogens with one attached hydrogen (secondary N) is 1. The quantitative estimate of drug-likeness (QED) is 0.454. The van der Waals surface area contributed by atoms with Crippen LogP contribution in [0.2, 0.25) is 0 Å². The summed E-state index contributed by atoms with van der Waals surface area (Å²) in [6, 6.07) is 10.9. The molecule has 2 aromatic rings. The fourth-order valence-corrected chi connectivity index (χ4v) is 4.47. The summed E-state index contributed by atoms with van der Waals surface area (Å²) >= 11 is 0. The summed E-state index contributed by atoms with van der Waals surface area (Å²) < 4.78 is 20.4. The average molecular weight is 455 g/mol. The molecule has 0 bridgehead atoms. The molecule has 0 radical (unpaired) electrons. The molecule has 0 aromatic heterocycles. The van der Waals surface area contributed by atoms with E-state index in [4.69, 9.17) is 4.74 Å². The van der Waals surface area contributed by atoms with Crippen LogP contribution >= 0.6 is 0 Å². The number of fused-ring (bicyclic) bond motifs is 1. The fraction of sp³-hybridized carbons (Fsp3) is 0.462. The molecule has 0 aliphatic carbocycles. The molecule has 1 heterocycles. The number of carbonyl (C=O) groups excluding carboxylic acids is 1. The molecular formula is C26H35FN4O2. The standard InChI is InChI=1S/C26H35FN4O2/c1-7-11-31-24-14-23(27)19(12-22(24)18(2)15-26(31,3)4)16-28-29-25(32)17-33-21-10-8-9-20(13-21)30(5)6/h8-10,12-14,16,18H,7,11,15,17H2,1-6H3,(H,29,32)/b28-16+. The van der Waals surface area contributed by atoms with E-state index in [0.29, 0.717) is 17.2 Å². The van der Waals surface area contributed by atoms with Crippen LogP contribution in [0.5, 0.6) is 5.75 Å². The van der Waals surface area contributed by atoms with Crippen LogP contribution < -0.4 is 20.0 Å². The van der Waals surface area contributed by atoms with Crippen molar-refractivity contribution in [2.45, 2.75) is 52.0 Å². The summed E-state index contributed by atoms with van der Waals surface area (Å²) in [4.78, 5) is 16.4. The smallest absolute Gasteiger partial charge is 0.277 e. The van der Waals surface area contributed by atoms with Gasteiger partial charge in [-0.1, -0.05) is 19.9 Å². The SMILES string of the molecule is CCCN1c2cc(F)c(/C=N/NC(=O)COc3cccc(N(C)C)c3)cc2C(C)CC1(C)C. The average Bonchev–Trinajstić information content (AvgIpc) is 2.76. The zero-order chi connectivity index (χ0) is 24.2. The van der Waals surface area contributed by atoms with Gasteiger partial charge in [0.1, 0.15) is 11.6 Å². The number of benzene rings is 2. The third-order valence-corrected chi connectivity index (χ3v) is 6.05. The van der Waals surface area contributed by atoms with Crippen molar-refractivity contribution in [2.24, 2.45) is 5.10 Å². The number of nitrogens with zero attached hydrogens (tertiary/aromatic N) is 3. The van der Waals surface area contributed by atoms with E-state index in [9.17, 15) is 9.18 Å². The number of rotatable bonds is 8. The van der Waals surface area contributed by atoms with Crippen LogP contribution in [0.3, 0.4) is 0 Å². The van der Waals surface area contributed by atoms with E-state index in [2.05, 4.69) is 43.1 Å². The fourth-order valence-electron chi connectivity index (χ4n) is 4.47. The number of anilines is 2. The third kappa shape index (κ3) is 5.83. The maximum Gasteiger partial charge on any atom is 0.277 e. The number of hydrazone groups is 1. The molecule has 3 rings (SSSR count). The van der Waals surface area contributed by atoms with E-state index in [1.165, 1.54) is 6.21 Å². The second kappa shape index (κ2) is 10.2. The molecule has 7 heteroatoms. The Morgan fingerprint density at radius 2 is 2.09 bits per heavy atom. The van der Waals surface area contributed by atoms with E-state index < -0.39 is 5.91 Å². The minimum atomic E-state index is -0.413. The van der Waals surface area contributed by atoms with Gasteiger partial charge in [-0.3, -0.25) is 4.79 Å². The predicted molar refractivity (Wildman–Crippen MR) is 133 cm³/mol. The Labute approximate surface area is 196 Å². The Morgan fingerprint density at radius 1 is 1.33 bits per heavy atom. The maximum atomic E-state index is 14.9. The molecule has 2 aromatic carbocycles. The molecule has 1 aliphatic rings. The number of carbonyl (C=O) groups is 1. The minimum absolute atomic E-state index is 0.0233. The molecular weight excluding hydrogens is 419 g/mol. The summed E-state index contributed by atoms with van der Waals surface area (Å²) in [5.41, 5.74) is 5.79. The van der Waals surface area contributed by atoms with Crippen molar-refractivity contribution in [2.75, 3.05) is 37.0 Å². The molecule has 1 atom stereocenters. The lowest BCUT2D eigenvalue weighted by molar-refractivity contribution is -0.123. The molecule has 6 nitrogen and oxygen atoms in total. The van der Waals surface area contributed by atoms with Crippen LogP contribution in [-0.4, -0.2) is 44.9 Å². The lowest BCUT2D eigenvalue weighted by Crippen LogP contribution is -2.48. The van der Waals surface area contributed by atoms with Gasteiger partial charge in [-0.15, -0.1) is 0 Å². The Hall–Kier alpha value is -3.09. The van der Waals surface area contributed by atoms with Crippen LogP contribution in [0.4, 0.5) is 15.8 Å². The highest BCUT2D eigenvalue weighted by Gasteiger charge is 2.36. The highest BCUT2D eigenvalue weighted by atomic mass is 19.1. The van der Waals surface area contributed by atoms with Crippen molar-refractivity contribution in [1.82, 2.24) is 5.43 Å². The molecule has 0 saturated carbocycles. The van der Waals surface area contributed by atoms with E-state index >= 15 is 0 Å². The summed E-state index contributed by atoms with van der Waals surface area (Å²) in [6.07, 6.45) is 3.34. The van der Waals surface area contributed by atoms with Crippen molar-refractivity contribution in [3.8, 4) is 5.75 Å². The summed E-state index contributed by atoms with van der Waals surface area (Å²) in [6.45, 7) is 9.43. The Bertz CT molecular complexity index is 1020. The number of hydrogen-bond donors (Lipinski definition) is 1. The monoisotopic (exact) mass is 454 g/mol. The molecule has 33 heavy (non-hydrogen) atoms.